The molecule has 1 aromatic carbocycles. The van der Waals surface area contributed by atoms with E-state index < -0.39 is 0 Å². The van der Waals surface area contributed by atoms with Gasteiger partial charge in [0.25, 0.3) is 0 Å². The molecular weight excluding hydrogens is 200 g/mol. The highest BCUT2D eigenvalue weighted by molar-refractivity contribution is 5.69. The van der Waals surface area contributed by atoms with Crippen LogP contribution in [0, 0.1) is 6.92 Å². The average Bonchev–Trinajstić information content (AvgIpc) is 2.28. The molecule has 0 amide bonds. The molecule has 0 saturated heterocycles. The number of esters is 1. The summed E-state index contributed by atoms with van der Waals surface area (Å²) in [6, 6.07) is 8.20. The maximum absolute atomic E-state index is 11.0. The molecule has 0 aliphatic heterocycles. The smallest absolute Gasteiger partial charge is 0.306 e. The molecule has 0 heterocycles. The topological polar surface area (TPSA) is 26.3 Å². The number of carbonyl (C=O) groups is 1. The maximum atomic E-state index is 11.0. The second kappa shape index (κ2) is 6.11. The molecule has 0 fully saturated rings. The molecule has 1 atom stereocenters. The Labute approximate surface area is 96.9 Å². The minimum Gasteiger partial charge on any atom is -0.458 e. The van der Waals surface area contributed by atoms with Crippen LogP contribution in [0.4, 0.5) is 0 Å². The molecule has 1 aromatic rings. The van der Waals surface area contributed by atoms with Gasteiger partial charge >= 0.3 is 5.97 Å². The number of hydrogen-bond donors (Lipinski definition) is 0. The van der Waals surface area contributed by atoms with Crippen LogP contribution in [0.15, 0.2) is 30.3 Å². The van der Waals surface area contributed by atoms with Crippen LogP contribution in [-0.4, -0.2) is 12.1 Å². The number of aryl methyl sites for hydroxylation is 1. The Balaban J connectivity index is 2.53. The Kier molecular flexibility index (Phi) is 4.77. The first-order chi connectivity index (χ1) is 7.61. The van der Waals surface area contributed by atoms with Gasteiger partial charge in [0.2, 0.25) is 0 Å². The minimum atomic E-state index is -0.172. The lowest BCUT2D eigenvalue weighted by Crippen LogP contribution is -2.10. The lowest BCUT2D eigenvalue weighted by molar-refractivity contribution is -0.145. The number of ether oxygens (including phenoxy) is 1. The molecule has 0 aliphatic carbocycles. The minimum absolute atomic E-state index is 0.166. The van der Waals surface area contributed by atoms with Crippen molar-refractivity contribution in [3.8, 4) is 0 Å². The highest BCUT2D eigenvalue weighted by Crippen LogP contribution is 2.06. The molecular formula is C14H18O2. The SMILES string of the molecule is CCC(=O)O[C@H](C)/C=C/c1ccc(C)cc1. The zero-order valence-corrected chi connectivity index (χ0v) is 10.1. The van der Waals surface area contributed by atoms with E-state index in [2.05, 4.69) is 19.1 Å². The Morgan fingerprint density at radius 3 is 2.56 bits per heavy atom. The van der Waals surface area contributed by atoms with E-state index in [0.717, 1.165) is 5.56 Å². The molecule has 0 saturated carbocycles. The average molecular weight is 218 g/mol. The van der Waals surface area contributed by atoms with Crippen molar-refractivity contribution in [2.45, 2.75) is 33.3 Å². The number of rotatable bonds is 4. The lowest BCUT2D eigenvalue weighted by Gasteiger charge is -2.07. The predicted octanol–water partition coefficient (Wildman–Crippen LogP) is 3.35. The molecule has 16 heavy (non-hydrogen) atoms. The zero-order chi connectivity index (χ0) is 12.0. The van der Waals surface area contributed by atoms with E-state index in [0.29, 0.717) is 6.42 Å². The van der Waals surface area contributed by atoms with Crippen molar-refractivity contribution < 1.29 is 9.53 Å². The first-order valence-electron chi connectivity index (χ1n) is 5.56. The molecule has 0 N–H and O–H groups in total. The summed E-state index contributed by atoms with van der Waals surface area (Å²) >= 11 is 0. The van der Waals surface area contributed by atoms with Crippen LogP contribution in [0.1, 0.15) is 31.4 Å². The third-order valence-electron chi connectivity index (χ3n) is 2.24. The van der Waals surface area contributed by atoms with Gasteiger partial charge in [-0.25, -0.2) is 0 Å². The Morgan fingerprint density at radius 2 is 2.00 bits per heavy atom. The van der Waals surface area contributed by atoms with E-state index in [9.17, 15) is 4.79 Å². The van der Waals surface area contributed by atoms with Crippen LogP contribution in [-0.2, 0) is 9.53 Å². The fraction of sp³-hybridized carbons (Fsp3) is 0.357. The summed E-state index contributed by atoms with van der Waals surface area (Å²) in [5, 5.41) is 0. The zero-order valence-electron chi connectivity index (χ0n) is 10.1. The highest BCUT2D eigenvalue weighted by atomic mass is 16.5. The lowest BCUT2D eigenvalue weighted by atomic mass is 10.1. The number of carbonyl (C=O) groups excluding carboxylic acids is 1. The van der Waals surface area contributed by atoms with E-state index in [1.807, 2.05) is 31.2 Å². The molecule has 0 spiro atoms. The molecule has 0 unspecified atom stereocenters. The van der Waals surface area contributed by atoms with E-state index in [-0.39, 0.29) is 12.1 Å². The van der Waals surface area contributed by atoms with Crippen molar-refractivity contribution in [3.63, 3.8) is 0 Å². The van der Waals surface area contributed by atoms with Crippen molar-refractivity contribution in [2.24, 2.45) is 0 Å². The van der Waals surface area contributed by atoms with Gasteiger partial charge in [0, 0.05) is 6.42 Å². The van der Waals surface area contributed by atoms with Gasteiger partial charge in [0.05, 0.1) is 0 Å². The molecule has 1 rings (SSSR count). The molecule has 0 bridgehead atoms. The fourth-order valence-electron chi connectivity index (χ4n) is 1.25. The standard InChI is InChI=1S/C14H18O2/c1-4-14(15)16-12(3)7-10-13-8-5-11(2)6-9-13/h5-10,12H,4H2,1-3H3/b10-7+/t12-/m1/s1. The summed E-state index contributed by atoms with van der Waals surface area (Å²) in [5.74, 6) is -0.166. The second-order valence-corrected chi connectivity index (χ2v) is 3.82. The normalized spacial score (nSPS) is 12.7. The van der Waals surface area contributed by atoms with Crippen LogP contribution in [0.5, 0.6) is 0 Å². The molecule has 0 aliphatic rings. The second-order valence-electron chi connectivity index (χ2n) is 3.82. The first-order valence-corrected chi connectivity index (χ1v) is 5.56. The van der Waals surface area contributed by atoms with Gasteiger partial charge in [0.15, 0.2) is 0 Å². The van der Waals surface area contributed by atoms with Crippen LogP contribution in [0.25, 0.3) is 6.08 Å². The van der Waals surface area contributed by atoms with Gasteiger partial charge in [-0.05, 0) is 25.5 Å². The van der Waals surface area contributed by atoms with E-state index in [1.165, 1.54) is 5.56 Å². The summed E-state index contributed by atoms with van der Waals surface area (Å²) in [6.07, 6.45) is 4.10. The molecule has 2 heteroatoms. The van der Waals surface area contributed by atoms with Gasteiger partial charge in [-0.15, -0.1) is 0 Å². The van der Waals surface area contributed by atoms with Crippen molar-refractivity contribution >= 4 is 12.0 Å². The van der Waals surface area contributed by atoms with Gasteiger partial charge in [-0.2, -0.15) is 0 Å². The fourth-order valence-corrected chi connectivity index (χ4v) is 1.25. The van der Waals surface area contributed by atoms with Crippen LogP contribution < -0.4 is 0 Å². The Bertz CT molecular complexity index is 363. The third kappa shape index (κ3) is 4.30. The van der Waals surface area contributed by atoms with Crippen LogP contribution >= 0.6 is 0 Å². The van der Waals surface area contributed by atoms with Crippen molar-refractivity contribution in [1.29, 1.82) is 0 Å². The monoisotopic (exact) mass is 218 g/mol. The molecule has 86 valence electrons. The summed E-state index contributed by atoms with van der Waals surface area (Å²) < 4.78 is 5.12. The van der Waals surface area contributed by atoms with Gasteiger partial charge in [-0.3, -0.25) is 4.79 Å². The summed E-state index contributed by atoms with van der Waals surface area (Å²) in [7, 11) is 0. The van der Waals surface area contributed by atoms with E-state index in [4.69, 9.17) is 4.74 Å². The predicted molar refractivity (Wildman–Crippen MR) is 66.1 cm³/mol. The van der Waals surface area contributed by atoms with Crippen LogP contribution in [0.2, 0.25) is 0 Å². The van der Waals surface area contributed by atoms with Crippen molar-refractivity contribution in [3.05, 3.63) is 41.5 Å². The largest absolute Gasteiger partial charge is 0.458 e. The number of hydrogen-bond acceptors (Lipinski definition) is 2. The van der Waals surface area contributed by atoms with Gasteiger partial charge < -0.3 is 4.74 Å². The van der Waals surface area contributed by atoms with Crippen LogP contribution in [0.3, 0.4) is 0 Å². The molecule has 2 nitrogen and oxygen atoms in total. The Hall–Kier alpha value is -1.57. The number of benzene rings is 1. The Morgan fingerprint density at radius 1 is 1.38 bits per heavy atom. The van der Waals surface area contributed by atoms with E-state index in [1.54, 1.807) is 6.92 Å². The quantitative estimate of drug-likeness (QED) is 0.724. The van der Waals surface area contributed by atoms with Crippen molar-refractivity contribution in [1.82, 2.24) is 0 Å². The third-order valence-corrected chi connectivity index (χ3v) is 2.24. The first kappa shape index (κ1) is 12.5. The van der Waals surface area contributed by atoms with Crippen molar-refractivity contribution in [2.75, 3.05) is 0 Å². The summed E-state index contributed by atoms with van der Waals surface area (Å²) in [5.41, 5.74) is 2.35. The summed E-state index contributed by atoms with van der Waals surface area (Å²) in [4.78, 5) is 11.0. The molecule has 0 aromatic heterocycles. The summed E-state index contributed by atoms with van der Waals surface area (Å²) in [6.45, 7) is 5.70. The maximum Gasteiger partial charge on any atom is 0.306 e. The van der Waals surface area contributed by atoms with Gasteiger partial charge in [-0.1, -0.05) is 42.8 Å². The van der Waals surface area contributed by atoms with Gasteiger partial charge in [0.1, 0.15) is 6.10 Å². The highest BCUT2D eigenvalue weighted by Gasteiger charge is 2.02. The van der Waals surface area contributed by atoms with E-state index >= 15 is 0 Å². The molecule has 0 radical (unpaired) electrons.